The number of nitrogens with zero attached hydrogens (tertiary/aromatic N) is 1. The van der Waals surface area contributed by atoms with Crippen LogP contribution in [0, 0.1) is 0 Å². The largest absolute Gasteiger partial charge is 0.489 e. The third kappa shape index (κ3) is 5.11. The summed E-state index contributed by atoms with van der Waals surface area (Å²) in [6, 6.07) is 17.6. The van der Waals surface area contributed by atoms with E-state index in [-0.39, 0.29) is 11.9 Å². The van der Waals surface area contributed by atoms with Gasteiger partial charge in [0.1, 0.15) is 12.4 Å². The highest BCUT2D eigenvalue weighted by molar-refractivity contribution is 5.79. The number of likely N-dealkylation sites (N-methyl/N-ethyl adjacent to an activating group) is 1. The molecule has 1 atom stereocenters. The van der Waals surface area contributed by atoms with Crippen LogP contribution >= 0.6 is 0 Å². The van der Waals surface area contributed by atoms with Crippen molar-refractivity contribution in [2.24, 2.45) is 5.73 Å². The van der Waals surface area contributed by atoms with Crippen LogP contribution in [-0.4, -0.2) is 37.6 Å². The molecule has 122 valence electrons. The molecule has 0 aliphatic rings. The quantitative estimate of drug-likeness (QED) is 0.798. The number of benzene rings is 2. The molecule has 1 amide bonds. The summed E-state index contributed by atoms with van der Waals surface area (Å²) in [7, 11) is 5.93. The number of ether oxygens (including phenoxy) is 1. The van der Waals surface area contributed by atoms with Crippen molar-refractivity contribution in [1.29, 1.82) is 0 Å². The number of amides is 1. The van der Waals surface area contributed by atoms with Crippen molar-refractivity contribution in [3.63, 3.8) is 0 Å². The number of primary amides is 1. The lowest BCUT2D eigenvalue weighted by Crippen LogP contribution is -2.53. The number of rotatable bonds is 7. The number of nitrogens with two attached hydrogens (primary N) is 1. The average molecular weight is 313 g/mol. The molecule has 4 heteroatoms. The maximum Gasteiger partial charge on any atom is 0.276 e. The second-order valence-electron chi connectivity index (χ2n) is 6.66. The second-order valence-corrected chi connectivity index (χ2v) is 6.66. The Morgan fingerprint density at radius 3 is 2.30 bits per heavy atom. The highest BCUT2D eigenvalue weighted by atomic mass is 16.5. The van der Waals surface area contributed by atoms with Crippen LogP contribution in [0.5, 0.6) is 5.75 Å². The molecule has 4 nitrogen and oxygen atoms in total. The first kappa shape index (κ1) is 17.0. The molecule has 0 heterocycles. The van der Waals surface area contributed by atoms with Gasteiger partial charge in [-0.05, 0) is 23.3 Å². The van der Waals surface area contributed by atoms with Crippen LogP contribution in [-0.2, 0) is 17.8 Å². The van der Waals surface area contributed by atoms with Gasteiger partial charge in [0.2, 0.25) is 0 Å². The van der Waals surface area contributed by atoms with E-state index in [0.717, 1.165) is 16.9 Å². The van der Waals surface area contributed by atoms with E-state index in [1.807, 2.05) is 75.7 Å². The van der Waals surface area contributed by atoms with E-state index in [1.54, 1.807) is 0 Å². The molecular formula is C19H25N2O2+. The van der Waals surface area contributed by atoms with E-state index in [2.05, 4.69) is 0 Å². The normalized spacial score (nSPS) is 12.7. The standard InChI is InChI=1S/C19H24N2O2/c1-21(2,3)18(19(20)22)13-16-10-7-11-17(12-16)23-14-15-8-5-4-6-9-15/h4-12,18H,13-14H2,1-3H3,(H-,20,22)/p+1. The van der Waals surface area contributed by atoms with Gasteiger partial charge in [0, 0.05) is 6.42 Å². The van der Waals surface area contributed by atoms with Crippen molar-refractivity contribution in [1.82, 2.24) is 0 Å². The smallest absolute Gasteiger partial charge is 0.276 e. The lowest BCUT2D eigenvalue weighted by atomic mass is 10.0. The van der Waals surface area contributed by atoms with Crippen LogP contribution in [0.25, 0.3) is 0 Å². The molecule has 2 N–H and O–H groups in total. The molecular weight excluding hydrogens is 288 g/mol. The first-order valence-corrected chi connectivity index (χ1v) is 7.72. The van der Waals surface area contributed by atoms with E-state index in [9.17, 15) is 4.79 Å². The van der Waals surface area contributed by atoms with Gasteiger partial charge in [0.05, 0.1) is 21.1 Å². The fraction of sp³-hybridized carbons (Fsp3) is 0.316. The third-order valence-corrected chi connectivity index (χ3v) is 3.84. The zero-order valence-electron chi connectivity index (χ0n) is 14.0. The van der Waals surface area contributed by atoms with E-state index in [4.69, 9.17) is 10.5 Å². The molecule has 0 saturated heterocycles. The van der Waals surface area contributed by atoms with Crippen LogP contribution in [0.2, 0.25) is 0 Å². The first-order valence-electron chi connectivity index (χ1n) is 7.72. The highest BCUT2D eigenvalue weighted by Gasteiger charge is 2.29. The van der Waals surface area contributed by atoms with Crippen LogP contribution in [0.15, 0.2) is 54.6 Å². The summed E-state index contributed by atoms with van der Waals surface area (Å²) < 4.78 is 6.34. The molecule has 0 aliphatic carbocycles. The molecule has 1 unspecified atom stereocenters. The van der Waals surface area contributed by atoms with Crippen molar-refractivity contribution in [3.8, 4) is 5.75 Å². The summed E-state index contributed by atoms with van der Waals surface area (Å²) in [5, 5.41) is 0. The number of quaternary nitrogens is 1. The highest BCUT2D eigenvalue weighted by Crippen LogP contribution is 2.18. The number of hydrogen-bond donors (Lipinski definition) is 1. The third-order valence-electron chi connectivity index (χ3n) is 3.84. The molecule has 0 aliphatic heterocycles. The first-order chi connectivity index (χ1) is 10.9. The number of carbonyl (C=O) groups excluding carboxylic acids is 1. The Hall–Kier alpha value is -2.33. The topological polar surface area (TPSA) is 52.3 Å². The van der Waals surface area contributed by atoms with Crippen molar-refractivity contribution in [2.75, 3.05) is 21.1 Å². The minimum absolute atomic E-state index is 0.264. The Kier molecular flexibility index (Phi) is 5.40. The van der Waals surface area contributed by atoms with Crippen LogP contribution < -0.4 is 10.5 Å². The van der Waals surface area contributed by atoms with Gasteiger partial charge in [-0.3, -0.25) is 4.79 Å². The molecule has 0 fully saturated rings. The lowest BCUT2D eigenvalue weighted by molar-refractivity contribution is -0.886. The molecule has 0 aromatic heterocycles. The molecule has 0 saturated carbocycles. The number of hydrogen-bond acceptors (Lipinski definition) is 2. The SMILES string of the molecule is C[N+](C)(C)C(Cc1cccc(OCc2ccccc2)c1)C(N)=O. The van der Waals surface area contributed by atoms with Gasteiger partial charge < -0.3 is 15.0 Å². The van der Waals surface area contributed by atoms with Gasteiger partial charge in [-0.2, -0.15) is 0 Å². The minimum atomic E-state index is -0.284. The van der Waals surface area contributed by atoms with Gasteiger partial charge in [-0.15, -0.1) is 0 Å². The van der Waals surface area contributed by atoms with Gasteiger partial charge in [-0.1, -0.05) is 42.5 Å². The minimum Gasteiger partial charge on any atom is -0.489 e. The van der Waals surface area contributed by atoms with Gasteiger partial charge in [0.25, 0.3) is 5.91 Å². The van der Waals surface area contributed by atoms with E-state index in [0.29, 0.717) is 17.5 Å². The van der Waals surface area contributed by atoms with Gasteiger partial charge in [-0.25, -0.2) is 0 Å². The zero-order valence-corrected chi connectivity index (χ0v) is 14.0. The predicted octanol–water partition coefficient (Wildman–Crippen LogP) is 2.37. The summed E-state index contributed by atoms with van der Waals surface area (Å²) in [6.45, 7) is 0.527. The maximum absolute atomic E-state index is 11.7. The van der Waals surface area contributed by atoms with Gasteiger partial charge in [0.15, 0.2) is 6.04 Å². The Labute approximate surface area is 138 Å². The van der Waals surface area contributed by atoms with Crippen molar-refractivity contribution in [3.05, 3.63) is 65.7 Å². The predicted molar refractivity (Wildman–Crippen MR) is 91.9 cm³/mol. The van der Waals surface area contributed by atoms with E-state index in [1.165, 1.54) is 0 Å². The Bertz CT molecular complexity index is 648. The molecule has 0 spiro atoms. The molecule has 0 radical (unpaired) electrons. The van der Waals surface area contributed by atoms with E-state index < -0.39 is 0 Å². The molecule has 2 aromatic carbocycles. The van der Waals surface area contributed by atoms with Crippen LogP contribution in [0.4, 0.5) is 0 Å². The molecule has 2 rings (SSSR count). The summed E-state index contributed by atoms with van der Waals surface area (Å²) in [6.07, 6.45) is 0.599. The van der Waals surface area contributed by atoms with Crippen molar-refractivity contribution in [2.45, 2.75) is 19.1 Å². The van der Waals surface area contributed by atoms with Crippen molar-refractivity contribution < 1.29 is 14.0 Å². The molecule has 0 bridgehead atoms. The van der Waals surface area contributed by atoms with E-state index >= 15 is 0 Å². The fourth-order valence-corrected chi connectivity index (χ4v) is 2.48. The lowest BCUT2D eigenvalue weighted by Gasteiger charge is -2.32. The summed E-state index contributed by atoms with van der Waals surface area (Å²) in [5.41, 5.74) is 7.73. The summed E-state index contributed by atoms with van der Waals surface area (Å²) in [4.78, 5) is 11.7. The Morgan fingerprint density at radius 1 is 1.04 bits per heavy atom. The average Bonchev–Trinajstić information content (AvgIpc) is 2.51. The van der Waals surface area contributed by atoms with Crippen LogP contribution in [0.3, 0.4) is 0 Å². The van der Waals surface area contributed by atoms with Gasteiger partial charge >= 0.3 is 0 Å². The second kappa shape index (κ2) is 7.29. The number of carbonyl (C=O) groups is 1. The Balaban J connectivity index is 2.06. The summed E-state index contributed by atoms with van der Waals surface area (Å²) in [5.74, 6) is 0.518. The monoisotopic (exact) mass is 313 g/mol. The maximum atomic E-state index is 11.7. The fourth-order valence-electron chi connectivity index (χ4n) is 2.48. The van der Waals surface area contributed by atoms with Crippen LogP contribution in [0.1, 0.15) is 11.1 Å². The van der Waals surface area contributed by atoms with Crippen molar-refractivity contribution >= 4 is 5.91 Å². The molecule has 23 heavy (non-hydrogen) atoms. The zero-order chi connectivity index (χ0) is 16.9. The Morgan fingerprint density at radius 2 is 1.70 bits per heavy atom. The molecule has 2 aromatic rings. The summed E-state index contributed by atoms with van der Waals surface area (Å²) >= 11 is 0.